The molecule has 0 unspecified atom stereocenters. The van der Waals surface area contributed by atoms with Crippen LogP contribution in [0.5, 0.6) is 0 Å². The maximum Gasteiger partial charge on any atom is 0.321 e. The van der Waals surface area contributed by atoms with E-state index in [0.29, 0.717) is 36.9 Å². The molecule has 1 aromatic carbocycles. The van der Waals surface area contributed by atoms with Crippen molar-refractivity contribution in [3.63, 3.8) is 0 Å². The summed E-state index contributed by atoms with van der Waals surface area (Å²) in [5.41, 5.74) is 0.680. The van der Waals surface area contributed by atoms with Crippen LogP contribution in [0.25, 0.3) is 0 Å². The predicted molar refractivity (Wildman–Crippen MR) is 94.4 cm³/mol. The van der Waals surface area contributed by atoms with Gasteiger partial charge in [0.15, 0.2) is 0 Å². The monoisotopic (exact) mass is 350 g/mol. The van der Waals surface area contributed by atoms with Crippen LogP contribution < -0.4 is 5.32 Å². The molecule has 1 N–H and O–H groups in total. The maximum absolute atomic E-state index is 12.5. The van der Waals surface area contributed by atoms with E-state index in [1.165, 1.54) is 6.42 Å². The summed E-state index contributed by atoms with van der Waals surface area (Å²) in [4.78, 5) is 30.3. The second-order valence-electron chi connectivity index (χ2n) is 6.24. The minimum atomic E-state index is -0.151. The quantitative estimate of drug-likeness (QED) is 0.846. The average Bonchev–Trinajstić information content (AvgIpc) is 2.62. The van der Waals surface area contributed by atoms with Gasteiger partial charge in [0.1, 0.15) is 0 Å². The van der Waals surface area contributed by atoms with Gasteiger partial charge in [0, 0.05) is 50.0 Å². The summed E-state index contributed by atoms with van der Waals surface area (Å²) in [6.45, 7) is 3.97. The molecule has 0 aliphatic carbocycles. The topological polar surface area (TPSA) is 55.9 Å². The highest BCUT2D eigenvalue weighted by Crippen LogP contribution is 2.16. The van der Waals surface area contributed by atoms with E-state index in [4.69, 9.17) is 11.6 Å². The molecule has 0 aromatic heterocycles. The summed E-state index contributed by atoms with van der Waals surface area (Å²) in [6, 6.07) is 7.05. The van der Waals surface area contributed by atoms with Gasteiger partial charge in [-0.05, 0) is 37.5 Å². The van der Waals surface area contributed by atoms with E-state index in [0.717, 1.165) is 25.9 Å². The number of anilines is 1. The van der Waals surface area contributed by atoms with Crippen LogP contribution in [0, 0.1) is 0 Å². The van der Waals surface area contributed by atoms with Gasteiger partial charge < -0.3 is 20.0 Å². The van der Waals surface area contributed by atoms with Crippen LogP contribution in [0.3, 0.4) is 0 Å². The molecule has 4 amide bonds. The van der Waals surface area contributed by atoms with E-state index >= 15 is 0 Å². The largest absolute Gasteiger partial charge is 0.325 e. The Labute approximate surface area is 147 Å². The number of urea groups is 2. The number of piperazine rings is 1. The smallest absolute Gasteiger partial charge is 0.321 e. The van der Waals surface area contributed by atoms with Crippen molar-refractivity contribution in [1.82, 2.24) is 14.7 Å². The number of halogens is 1. The zero-order valence-electron chi connectivity index (χ0n) is 13.7. The molecule has 24 heavy (non-hydrogen) atoms. The molecule has 0 atom stereocenters. The number of amides is 4. The van der Waals surface area contributed by atoms with Crippen molar-refractivity contribution in [2.24, 2.45) is 0 Å². The summed E-state index contributed by atoms with van der Waals surface area (Å²) < 4.78 is 0. The molecule has 1 aromatic rings. The third-order valence-corrected chi connectivity index (χ3v) is 4.77. The molecular formula is C17H23ClN4O2. The number of hydrogen-bond donors (Lipinski definition) is 1. The zero-order chi connectivity index (χ0) is 16.9. The highest BCUT2D eigenvalue weighted by Gasteiger charge is 2.27. The van der Waals surface area contributed by atoms with E-state index in [1.54, 1.807) is 29.2 Å². The van der Waals surface area contributed by atoms with Crippen molar-refractivity contribution in [3.05, 3.63) is 29.3 Å². The fourth-order valence-corrected chi connectivity index (χ4v) is 3.35. The van der Waals surface area contributed by atoms with Crippen LogP contribution in [0.2, 0.25) is 5.02 Å². The fraction of sp³-hybridized carbons (Fsp3) is 0.529. The Hall–Kier alpha value is -1.95. The van der Waals surface area contributed by atoms with E-state index in [1.807, 2.05) is 9.80 Å². The second kappa shape index (κ2) is 7.75. The number of carbonyl (C=O) groups excluding carboxylic acids is 2. The lowest BCUT2D eigenvalue weighted by atomic mass is 10.1. The van der Waals surface area contributed by atoms with E-state index in [-0.39, 0.29) is 12.1 Å². The Morgan fingerprint density at radius 2 is 1.50 bits per heavy atom. The lowest BCUT2D eigenvalue weighted by Crippen LogP contribution is -2.55. The van der Waals surface area contributed by atoms with Crippen molar-refractivity contribution < 1.29 is 9.59 Å². The number of piperidine rings is 1. The fourth-order valence-electron chi connectivity index (χ4n) is 3.15. The summed E-state index contributed by atoms with van der Waals surface area (Å²) in [5.74, 6) is 0. The molecule has 7 heteroatoms. The third kappa shape index (κ3) is 4.12. The van der Waals surface area contributed by atoms with Gasteiger partial charge in [-0.25, -0.2) is 9.59 Å². The van der Waals surface area contributed by atoms with Crippen molar-refractivity contribution in [2.75, 3.05) is 44.6 Å². The lowest BCUT2D eigenvalue weighted by Gasteiger charge is -2.38. The molecule has 2 aliphatic rings. The first kappa shape index (κ1) is 16.9. The number of likely N-dealkylation sites (tertiary alicyclic amines) is 1. The van der Waals surface area contributed by atoms with Gasteiger partial charge in [-0.2, -0.15) is 0 Å². The summed E-state index contributed by atoms with van der Waals surface area (Å²) in [7, 11) is 0. The van der Waals surface area contributed by atoms with Crippen molar-refractivity contribution in [2.45, 2.75) is 19.3 Å². The van der Waals surface area contributed by atoms with Crippen LogP contribution in [-0.2, 0) is 0 Å². The highest BCUT2D eigenvalue weighted by molar-refractivity contribution is 6.30. The predicted octanol–water partition coefficient (Wildman–Crippen LogP) is 3.10. The Morgan fingerprint density at radius 1 is 0.875 bits per heavy atom. The average molecular weight is 351 g/mol. The standard InChI is InChI=1S/C17H23ClN4O2/c18-14-5-4-6-15(13-14)19-16(23)20-9-11-22(12-10-20)17(24)21-7-2-1-3-8-21/h4-6,13H,1-3,7-12H2,(H,19,23). The summed E-state index contributed by atoms with van der Waals surface area (Å²) in [5, 5.41) is 3.44. The van der Waals surface area contributed by atoms with Crippen LogP contribution in [0.4, 0.5) is 15.3 Å². The first-order chi connectivity index (χ1) is 11.6. The van der Waals surface area contributed by atoms with Crippen LogP contribution >= 0.6 is 11.6 Å². The first-order valence-corrected chi connectivity index (χ1v) is 8.86. The van der Waals surface area contributed by atoms with Crippen LogP contribution in [-0.4, -0.2) is 66.0 Å². The molecule has 2 aliphatic heterocycles. The minimum Gasteiger partial charge on any atom is -0.325 e. The molecule has 0 radical (unpaired) electrons. The minimum absolute atomic E-state index is 0.115. The third-order valence-electron chi connectivity index (χ3n) is 4.54. The van der Waals surface area contributed by atoms with Gasteiger partial charge >= 0.3 is 12.1 Å². The van der Waals surface area contributed by atoms with E-state index in [2.05, 4.69) is 5.32 Å². The SMILES string of the molecule is O=C(Nc1cccc(Cl)c1)N1CCN(C(=O)N2CCCCC2)CC1. The van der Waals surface area contributed by atoms with Crippen molar-refractivity contribution in [1.29, 1.82) is 0 Å². The maximum atomic E-state index is 12.5. The van der Waals surface area contributed by atoms with Crippen LogP contribution in [0.15, 0.2) is 24.3 Å². The zero-order valence-corrected chi connectivity index (χ0v) is 14.5. The Balaban J connectivity index is 1.49. The molecule has 2 saturated heterocycles. The number of nitrogens with one attached hydrogen (secondary N) is 1. The van der Waals surface area contributed by atoms with E-state index in [9.17, 15) is 9.59 Å². The molecule has 0 saturated carbocycles. The molecule has 6 nitrogen and oxygen atoms in total. The van der Waals surface area contributed by atoms with Crippen molar-refractivity contribution in [3.8, 4) is 0 Å². The Morgan fingerprint density at radius 3 is 2.17 bits per heavy atom. The number of carbonyl (C=O) groups is 2. The molecule has 0 bridgehead atoms. The Kier molecular flexibility index (Phi) is 5.45. The molecule has 0 spiro atoms. The van der Waals surface area contributed by atoms with Crippen LogP contribution in [0.1, 0.15) is 19.3 Å². The molecule has 2 fully saturated rings. The second-order valence-corrected chi connectivity index (χ2v) is 6.68. The Bertz CT molecular complexity index is 596. The first-order valence-electron chi connectivity index (χ1n) is 8.49. The highest BCUT2D eigenvalue weighted by atomic mass is 35.5. The number of hydrogen-bond acceptors (Lipinski definition) is 2. The summed E-state index contributed by atoms with van der Waals surface area (Å²) in [6.07, 6.45) is 3.39. The van der Waals surface area contributed by atoms with Crippen molar-refractivity contribution >= 4 is 29.4 Å². The summed E-state index contributed by atoms with van der Waals surface area (Å²) >= 11 is 5.93. The lowest BCUT2D eigenvalue weighted by molar-refractivity contribution is 0.116. The molecular weight excluding hydrogens is 328 g/mol. The van der Waals surface area contributed by atoms with Gasteiger partial charge in [-0.15, -0.1) is 0 Å². The van der Waals surface area contributed by atoms with Gasteiger partial charge in [-0.3, -0.25) is 0 Å². The number of benzene rings is 1. The number of nitrogens with zero attached hydrogens (tertiary/aromatic N) is 3. The van der Waals surface area contributed by atoms with Gasteiger partial charge in [0.05, 0.1) is 0 Å². The van der Waals surface area contributed by atoms with Gasteiger partial charge in [-0.1, -0.05) is 17.7 Å². The normalized spacial score (nSPS) is 18.5. The molecule has 130 valence electrons. The van der Waals surface area contributed by atoms with Gasteiger partial charge in [0.25, 0.3) is 0 Å². The number of rotatable bonds is 1. The molecule has 3 rings (SSSR count). The van der Waals surface area contributed by atoms with Gasteiger partial charge in [0.2, 0.25) is 0 Å². The molecule has 2 heterocycles. The van der Waals surface area contributed by atoms with E-state index < -0.39 is 0 Å².